The maximum absolute atomic E-state index is 12.2. The van der Waals surface area contributed by atoms with Gasteiger partial charge in [0.25, 0.3) is 0 Å². The molecule has 0 saturated carbocycles. The fourth-order valence-electron chi connectivity index (χ4n) is 1.99. The minimum atomic E-state index is -4.61. The Kier molecular flexibility index (Phi) is 5.86. The number of aliphatic hydroxyl groups excluding tert-OH is 1. The zero-order valence-electron chi connectivity index (χ0n) is 12.5. The number of amides is 1. The number of ether oxygens (including phenoxy) is 1. The van der Waals surface area contributed by atoms with E-state index in [1.54, 1.807) is 25.7 Å². The van der Waals surface area contributed by atoms with Gasteiger partial charge in [0, 0.05) is 25.7 Å². The van der Waals surface area contributed by atoms with E-state index >= 15 is 0 Å². The molecule has 0 bridgehead atoms. The van der Waals surface area contributed by atoms with Gasteiger partial charge in [0.05, 0.1) is 0 Å². The first-order valence-electron chi connectivity index (χ1n) is 6.95. The van der Waals surface area contributed by atoms with Gasteiger partial charge in [-0.05, 0) is 33.6 Å². The van der Waals surface area contributed by atoms with Crippen molar-refractivity contribution < 1.29 is 27.8 Å². The van der Waals surface area contributed by atoms with E-state index < -0.39 is 30.5 Å². The lowest BCUT2D eigenvalue weighted by atomic mass is 10.1. The molecule has 1 saturated heterocycles. The Labute approximate surface area is 122 Å². The molecular weight excluding hydrogens is 289 g/mol. The minimum Gasteiger partial charge on any atom is -0.444 e. The molecule has 0 aromatic carbocycles. The number of hydrogen-bond donors (Lipinski definition) is 2. The van der Waals surface area contributed by atoms with Gasteiger partial charge in [0.1, 0.15) is 5.60 Å². The lowest BCUT2D eigenvalue weighted by Crippen LogP contribution is -2.49. The fourth-order valence-corrected chi connectivity index (χ4v) is 1.99. The zero-order chi connectivity index (χ0) is 16.3. The molecule has 21 heavy (non-hydrogen) atoms. The average Bonchev–Trinajstić information content (AvgIpc) is 2.33. The van der Waals surface area contributed by atoms with E-state index in [1.165, 1.54) is 0 Å². The predicted molar refractivity (Wildman–Crippen MR) is 70.9 cm³/mol. The lowest BCUT2D eigenvalue weighted by molar-refractivity contribution is -0.202. The number of hydrogen-bond acceptors (Lipinski definition) is 4. The van der Waals surface area contributed by atoms with Crippen LogP contribution in [0.3, 0.4) is 0 Å². The van der Waals surface area contributed by atoms with E-state index in [-0.39, 0.29) is 6.04 Å². The highest BCUT2D eigenvalue weighted by molar-refractivity contribution is 5.68. The molecule has 8 heteroatoms. The van der Waals surface area contributed by atoms with Crippen molar-refractivity contribution in [1.29, 1.82) is 0 Å². The number of alkyl halides is 3. The van der Waals surface area contributed by atoms with Gasteiger partial charge in [0.2, 0.25) is 0 Å². The van der Waals surface area contributed by atoms with Crippen LogP contribution in [0.25, 0.3) is 0 Å². The van der Waals surface area contributed by atoms with Crippen molar-refractivity contribution in [3.8, 4) is 0 Å². The quantitative estimate of drug-likeness (QED) is 0.835. The average molecular weight is 312 g/mol. The molecule has 1 heterocycles. The second-order valence-electron chi connectivity index (χ2n) is 6.21. The Balaban J connectivity index is 2.31. The molecule has 0 aromatic rings. The summed E-state index contributed by atoms with van der Waals surface area (Å²) in [5.74, 6) is 0. The molecule has 1 aliphatic heterocycles. The third kappa shape index (κ3) is 6.52. The van der Waals surface area contributed by atoms with Gasteiger partial charge < -0.3 is 20.1 Å². The monoisotopic (exact) mass is 312 g/mol. The minimum absolute atomic E-state index is 0.138. The zero-order valence-corrected chi connectivity index (χ0v) is 12.5. The second kappa shape index (κ2) is 6.83. The Morgan fingerprint density at radius 2 is 1.86 bits per heavy atom. The third-order valence-electron chi connectivity index (χ3n) is 3.12. The first-order chi connectivity index (χ1) is 9.49. The van der Waals surface area contributed by atoms with Crippen LogP contribution >= 0.6 is 0 Å². The molecular formula is C13H23F3N2O3. The van der Waals surface area contributed by atoms with Crippen LogP contribution in [0.1, 0.15) is 33.6 Å². The predicted octanol–water partition coefficient (Wildman–Crippen LogP) is 1.90. The summed E-state index contributed by atoms with van der Waals surface area (Å²) >= 11 is 0. The Hall–Kier alpha value is -1.02. The summed E-state index contributed by atoms with van der Waals surface area (Å²) in [6.07, 6.45) is -6.31. The summed E-state index contributed by atoms with van der Waals surface area (Å²) < 4.78 is 41.7. The highest BCUT2D eigenvalue weighted by Gasteiger charge is 2.38. The van der Waals surface area contributed by atoms with Crippen LogP contribution in [0.4, 0.5) is 18.0 Å². The normalized spacial score (nSPS) is 19.5. The summed E-state index contributed by atoms with van der Waals surface area (Å²) in [5, 5.41) is 11.6. The van der Waals surface area contributed by atoms with E-state index in [9.17, 15) is 18.0 Å². The van der Waals surface area contributed by atoms with Gasteiger partial charge in [-0.25, -0.2) is 4.79 Å². The van der Waals surface area contributed by atoms with Crippen molar-refractivity contribution in [2.45, 2.75) is 57.5 Å². The molecule has 0 spiro atoms. The van der Waals surface area contributed by atoms with Gasteiger partial charge in [-0.2, -0.15) is 13.2 Å². The SMILES string of the molecule is CC(C)(C)OC(=O)N1CCC(NCC(O)C(F)(F)F)CC1. The van der Waals surface area contributed by atoms with Crippen molar-refractivity contribution in [1.82, 2.24) is 10.2 Å². The van der Waals surface area contributed by atoms with E-state index in [4.69, 9.17) is 9.84 Å². The Bertz CT molecular complexity index is 348. The van der Waals surface area contributed by atoms with Crippen molar-refractivity contribution in [2.24, 2.45) is 0 Å². The van der Waals surface area contributed by atoms with E-state index in [2.05, 4.69) is 5.32 Å². The molecule has 0 aromatic heterocycles. The van der Waals surface area contributed by atoms with Gasteiger partial charge in [-0.1, -0.05) is 0 Å². The molecule has 1 amide bonds. The van der Waals surface area contributed by atoms with Crippen LogP contribution in [-0.2, 0) is 4.74 Å². The number of nitrogens with one attached hydrogen (secondary N) is 1. The summed E-state index contributed by atoms with van der Waals surface area (Å²) in [6, 6.07) is -0.138. The molecule has 124 valence electrons. The van der Waals surface area contributed by atoms with Crippen LogP contribution in [0.15, 0.2) is 0 Å². The molecule has 2 N–H and O–H groups in total. The summed E-state index contributed by atoms with van der Waals surface area (Å²) in [6.45, 7) is 5.65. The van der Waals surface area contributed by atoms with E-state index in [0.29, 0.717) is 25.9 Å². The van der Waals surface area contributed by atoms with Gasteiger partial charge >= 0.3 is 12.3 Å². The van der Waals surface area contributed by atoms with Crippen LogP contribution < -0.4 is 5.32 Å². The first kappa shape index (κ1) is 18.0. The van der Waals surface area contributed by atoms with Crippen molar-refractivity contribution in [3.05, 3.63) is 0 Å². The van der Waals surface area contributed by atoms with E-state index in [1.807, 2.05) is 0 Å². The van der Waals surface area contributed by atoms with Gasteiger partial charge in [-0.3, -0.25) is 0 Å². The van der Waals surface area contributed by atoms with Crippen molar-refractivity contribution >= 4 is 6.09 Å². The number of likely N-dealkylation sites (tertiary alicyclic amines) is 1. The number of aliphatic hydroxyl groups is 1. The second-order valence-corrected chi connectivity index (χ2v) is 6.21. The number of piperidine rings is 1. The van der Waals surface area contributed by atoms with Gasteiger partial charge in [0.15, 0.2) is 6.10 Å². The lowest BCUT2D eigenvalue weighted by Gasteiger charge is -2.34. The number of carbonyl (C=O) groups excluding carboxylic acids is 1. The standard InChI is InChI=1S/C13H23F3N2O3/c1-12(2,3)21-11(20)18-6-4-9(5-7-18)17-8-10(19)13(14,15)16/h9-10,17,19H,4-8H2,1-3H3. The summed E-state index contributed by atoms with van der Waals surface area (Å²) in [4.78, 5) is 13.4. The van der Waals surface area contributed by atoms with Crippen LogP contribution in [0, 0.1) is 0 Å². The smallest absolute Gasteiger partial charge is 0.415 e. The van der Waals surface area contributed by atoms with E-state index in [0.717, 1.165) is 0 Å². The first-order valence-corrected chi connectivity index (χ1v) is 6.95. The molecule has 0 aliphatic carbocycles. The molecule has 1 aliphatic rings. The van der Waals surface area contributed by atoms with Crippen molar-refractivity contribution in [2.75, 3.05) is 19.6 Å². The fraction of sp³-hybridized carbons (Fsp3) is 0.923. The molecule has 1 atom stereocenters. The molecule has 0 radical (unpaired) electrons. The molecule has 1 fully saturated rings. The number of nitrogens with zero attached hydrogens (tertiary/aromatic N) is 1. The number of halogens is 3. The Morgan fingerprint density at radius 1 is 1.33 bits per heavy atom. The largest absolute Gasteiger partial charge is 0.444 e. The molecule has 1 rings (SSSR count). The maximum Gasteiger partial charge on any atom is 0.415 e. The Morgan fingerprint density at radius 3 is 2.29 bits per heavy atom. The number of rotatable bonds is 3. The number of carbonyl (C=O) groups is 1. The highest BCUT2D eigenvalue weighted by Crippen LogP contribution is 2.20. The maximum atomic E-state index is 12.2. The third-order valence-corrected chi connectivity index (χ3v) is 3.12. The van der Waals surface area contributed by atoms with Crippen LogP contribution in [-0.4, -0.2) is 59.7 Å². The summed E-state index contributed by atoms with van der Waals surface area (Å²) in [7, 11) is 0. The van der Waals surface area contributed by atoms with Crippen LogP contribution in [0.2, 0.25) is 0 Å². The van der Waals surface area contributed by atoms with Crippen molar-refractivity contribution in [3.63, 3.8) is 0 Å². The van der Waals surface area contributed by atoms with Crippen LogP contribution in [0.5, 0.6) is 0 Å². The topological polar surface area (TPSA) is 61.8 Å². The highest BCUT2D eigenvalue weighted by atomic mass is 19.4. The molecule has 1 unspecified atom stereocenters. The summed E-state index contributed by atoms with van der Waals surface area (Å²) in [5.41, 5.74) is -0.566. The van der Waals surface area contributed by atoms with Gasteiger partial charge in [-0.15, -0.1) is 0 Å². The molecule has 5 nitrogen and oxygen atoms in total.